The van der Waals surface area contributed by atoms with Crippen molar-refractivity contribution in [2.75, 3.05) is 19.5 Å². The van der Waals surface area contributed by atoms with E-state index in [0.29, 0.717) is 22.7 Å². The minimum Gasteiger partial charge on any atom is -0.493 e. The lowest BCUT2D eigenvalue weighted by molar-refractivity contribution is 0.102. The van der Waals surface area contributed by atoms with E-state index in [0.717, 1.165) is 21.8 Å². The fraction of sp³-hybridized carbons (Fsp3) is 0.273. The standard InChI is InChI=1S/C33H37FN4O6/c1-9-27(23-17-29(42-7)30(43-8)18-26(23)35-6)44-28-11-10-22(16-25(28)34)36-31(39)24-19-37(14-12-20(2)3)33(41)38(32(24)40)15-13-21(4)5/h9-13,16-19H,6,14-15H2,1-5,7-8H3,(H,36,39)/b27-9+. The number of hydrogen-bond donors (Lipinski definition) is 1. The molecule has 0 atom stereocenters. The molecule has 0 saturated carbocycles. The Morgan fingerprint density at radius 2 is 1.59 bits per heavy atom. The summed E-state index contributed by atoms with van der Waals surface area (Å²) in [7, 11) is 2.98. The Morgan fingerprint density at radius 3 is 2.16 bits per heavy atom. The number of nitrogens with zero attached hydrogens (tertiary/aromatic N) is 3. The molecular formula is C33H37FN4O6. The van der Waals surface area contributed by atoms with E-state index in [1.807, 2.05) is 33.8 Å². The van der Waals surface area contributed by atoms with Crippen LogP contribution in [0.4, 0.5) is 15.8 Å². The van der Waals surface area contributed by atoms with Crippen molar-refractivity contribution in [2.45, 2.75) is 47.7 Å². The average molecular weight is 605 g/mol. The zero-order valence-corrected chi connectivity index (χ0v) is 26.0. The topological polar surface area (TPSA) is 113 Å². The molecule has 44 heavy (non-hydrogen) atoms. The van der Waals surface area contributed by atoms with Crippen molar-refractivity contribution in [2.24, 2.45) is 4.99 Å². The van der Waals surface area contributed by atoms with Crippen molar-refractivity contribution in [3.8, 4) is 17.2 Å². The molecule has 0 aliphatic carbocycles. The summed E-state index contributed by atoms with van der Waals surface area (Å²) in [6, 6.07) is 7.12. The molecule has 0 radical (unpaired) electrons. The number of ether oxygens (including phenoxy) is 3. The number of aromatic nitrogens is 2. The number of nitrogens with one attached hydrogen (secondary N) is 1. The molecule has 1 aromatic heterocycles. The molecule has 0 saturated heterocycles. The van der Waals surface area contributed by atoms with Crippen molar-refractivity contribution >= 4 is 29.8 Å². The molecule has 3 aromatic rings. The zero-order chi connectivity index (χ0) is 32.6. The Bertz CT molecular complexity index is 1770. The average Bonchev–Trinajstić information content (AvgIpc) is 2.99. The number of allylic oxidation sites excluding steroid dienone is 5. The van der Waals surface area contributed by atoms with Crippen LogP contribution in [0.25, 0.3) is 5.76 Å². The van der Waals surface area contributed by atoms with E-state index < -0.39 is 23.0 Å². The van der Waals surface area contributed by atoms with Crippen LogP contribution in [0.15, 0.2) is 80.5 Å². The molecule has 0 bridgehead atoms. The molecular weight excluding hydrogens is 567 g/mol. The van der Waals surface area contributed by atoms with Gasteiger partial charge in [0.15, 0.2) is 23.1 Å². The van der Waals surface area contributed by atoms with Gasteiger partial charge in [-0.1, -0.05) is 23.3 Å². The van der Waals surface area contributed by atoms with Crippen molar-refractivity contribution in [1.82, 2.24) is 9.13 Å². The molecule has 232 valence electrons. The van der Waals surface area contributed by atoms with Gasteiger partial charge in [-0.05, 0) is 65.6 Å². The molecule has 0 spiro atoms. The van der Waals surface area contributed by atoms with Crippen molar-refractivity contribution in [1.29, 1.82) is 0 Å². The Kier molecular flexibility index (Phi) is 11.2. The van der Waals surface area contributed by atoms with Crippen LogP contribution in [-0.4, -0.2) is 36.0 Å². The number of carbonyl (C=O) groups is 1. The minimum atomic E-state index is -0.791. The molecule has 0 fully saturated rings. The summed E-state index contributed by atoms with van der Waals surface area (Å²) in [6.07, 6.45) is 6.38. The van der Waals surface area contributed by atoms with E-state index >= 15 is 4.39 Å². The molecule has 3 rings (SSSR count). The lowest BCUT2D eigenvalue weighted by Crippen LogP contribution is -2.42. The molecule has 11 heteroatoms. The van der Waals surface area contributed by atoms with Gasteiger partial charge >= 0.3 is 5.69 Å². The summed E-state index contributed by atoms with van der Waals surface area (Å²) < 4.78 is 34.1. The summed E-state index contributed by atoms with van der Waals surface area (Å²) in [5, 5.41) is 2.55. The second kappa shape index (κ2) is 14.8. The molecule has 1 heterocycles. The number of benzene rings is 2. The minimum absolute atomic E-state index is 0.00699. The summed E-state index contributed by atoms with van der Waals surface area (Å²) in [4.78, 5) is 43.5. The highest BCUT2D eigenvalue weighted by atomic mass is 19.1. The Labute approximate surface area is 255 Å². The summed E-state index contributed by atoms with van der Waals surface area (Å²) >= 11 is 0. The van der Waals surface area contributed by atoms with Gasteiger partial charge in [0.25, 0.3) is 11.5 Å². The highest BCUT2D eigenvalue weighted by Crippen LogP contribution is 2.39. The van der Waals surface area contributed by atoms with Crippen molar-refractivity contribution < 1.29 is 23.4 Å². The van der Waals surface area contributed by atoms with Crippen LogP contribution in [0, 0.1) is 5.82 Å². The first-order valence-electron chi connectivity index (χ1n) is 13.7. The van der Waals surface area contributed by atoms with Crippen LogP contribution in [-0.2, 0) is 13.1 Å². The monoisotopic (exact) mass is 604 g/mol. The second-order valence-corrected chi connectivity index (χ2v) is 10.2. The highest BCUT2D eigenvalue weighted by Gasteiger charge is 2.20. The maximum Gasteiger partial charge on any atom is 0.331 e. The van der Waals surface area contributed by atoms with Crippen LogP contribution in [0.2, 0.25) is 0 Å². The molecule has 10 nitrogen and oxygen atoms in total. The van der Waals surface area contributed by atoms with Gasteiger partial charge in [0.1, 0.15) is 11.3 Å². The number of rotatable bonds is 12. The summed E-state index contributed by atoms with van der Waals surface area (Å²) in [5.41, 5.74) is 1.32. The third-order valence-corrected chi connectivity index (χ3v) is 6.47. The van der Waals surface area contributed by atoms with Crippen LogP contribution in [0.5, 0.6) is 17.2 Å². The Morgan fingerprint density at radius 1 is 0.955 bits per heavy atom. The highest BCUT2D eigenvalue weighted by molar-refractivity contribution is 6.03. The molecule has 2 aromatic carbocycles. The molecule has 1 N–H and O–H groups in total. The fourth-order valence-electron chi connectivity index (χ4n) is 4.10. The molecule has 0 unspecified atom stereocenters. The van der Waals surface area contributed by atoms with E-state index in [1.54, 1.807) is 31.2 Å². The SMILES string of the molecule is C=Nc1cc(OC)c(OC)cc1/C(=C\C)Oc1ccc(NC(=O)c2cn(CC=C(C)C)c(=O)n(CC=C(C)C)c2=O)cc1F. The van der Waals surface area contributed by atoms with Gasteiger partial charge in [0.2, 0.25) is 0 Å². The summed E-state index contributed by atoms with van der Waals surface area (Å²) in [6.45, 7) is 12.9. The quantitative estimate of drug-likeness (QED) is 0.151. The van der Waals surface area contributed by atoms with E-state index in [2.05, 4.69) is 17.0 Å². The number of carbonyl (C=O) groups excluding carboxylic acids is 1. The fourth-order valence-corrected chi connectivity index (χ4v) is 4.10. The zero-order valence-electron chi connectivity index (χ0n) is 26.0. The van der Waals surface area contributed by atoms with E-state index in [9.17, 15) is 14.4 Å². The predicted octanol–water partition coefficient (Wildman–Crippen LogP) is 6.12. The van der Waals surface area contributed by atoms with Gasteiger partial charge in [-0.15, -0.1) is 0 Å². The van der Waals surface area contributed by atoms with E-state index in [4.69, 9.17) is 14.2 Å². The van der Waals surface area contributed by atoms with Crippen molar-refractivity contribution in [3.63, 3.8) is 0 Å². The number of amides is 1. The molecule has 0 aliphatic heterocycles. The van der Waals surface area contributed by atoms with Gasteiger partial charge < -0.3 is 19.5 Å². The lowest BCUT2D eigenvalue weighted by atomic mass is 10.1. The smallest absolute Gasteiger partial charge is 0.331 e. The second-order valence-electron chi connectivity index (χ2n) is 10.2. The number of aliphatic imine (C=N–C) groups is 1. The van der Waals surface area contributed by atoms with Crippen molar-refractivity contribution in [3.05, 3.63) is 104 Å². The van der Waals surface area contributed by atoms with Crippen LogP contribution >= 0.6 is 0 Å². The number of methoxy groups -OCH3 is 2. The predicted molar refractivity (Wildman–Crippen MR) is 171 cm³/mol. The van der Waals surface area contributed by atoms with Gasteiger partial charge in [-0.3, -0.25) is 23.7 Å². The van der Waals surface area contributed by atoms with Crippen LogP contribution < -0.4 is 30.8 Å². The van der Waals surface area contributed by atoms with Crippen LogP contribution in [0.3, 0.4) is 0 Å². The number of hydrogen-bond acceptors (Lipinski definition) is 7. The first-order valence-corrected chi connectivity index (χ1v) is 13.7. The normalized spacial score (nSPS) is 11.0. The first kappa shape index (κ1) is 33.3. The summed E-state index contributed by atoms with van der Waals surface area (Å²) in [5.74, 6) is -0.550. The van der Waals surface area contributed by atoms with Gasteiger partial charge in [0, 0.05) is 42.7 Å². The van der Waals surface area contributed by atoms with E-state index in [-0.39, 0.29) is 35.8 Å². The largest absolute Gasteiger partial charge is 0.493 e. The third kappa shape index (κ3) is 7.80. The Balaban J connectivity index is 1.94. The molecule has 0 aliphatic rings. The third-order valence-electron chi connectivity index (χ3n) is 6.47. The van der Waals surface area contributed by atoms with Gasteiger partial charge in [0.05, 0.1) is 19.9 Å². The molecule has 1 amide bonds. The van der Waals surface area contributed by atoms with Crippen LogP contribution in [0.1, 0.15) is 50.5 Å². The number of halogens is 1. The lowest BCUT2D eigenvalue weighted by Gasteiger charge is -2.16. The maximum atomic E-state index is 15.3. The van der Waals surface area contributed by atoms with Gasteiger partial charge in [-0.2, -0.15) is 0 Å². The first-order chi connectivity index (χ1) is 20.9. The Hall–Kier alpha value is -5.19. The number of anilines is 1. The maximum absolute atomic E-state index is 15.3. The van der Waals surface area contributed by atoms with Gasteiger partial charge in [-0.25, -0.2) is 9.18 Å². The van der Waals surface area contributed by atoms with E-state index in [1.165, 1.54) is 37.1 Å².